The van der Waals surface area contributed by atoms with Gasteiger partial charge in [0, 0.05) is 31.2 Å². The van der Waals surface area contributed by atoms with E-state index in [1.165, 1.54) is 18.5 Å². The minimum atomic E-state index is -0.348. The molecule has 1 aliphatic heterocycles. The number of amides is 2. The molecule has 1 atom stereocenters. The Balaban J connectivity index is 1.68. The molecule has 0 aliphatic carbocycles. The number of benzene rings is 1. The lowest BCUT2D eigenvalue weighted by Gasteiger charge is -2.19. The van der Waals surface area contributed by atoms with Crippen molar-refractivity contribution in [3.8, 4) is 5.75 Å². The molecule has 0 bridgehead atoms. The summed E-state index contributed by atoms with van der Waals surface area (Å²) in [6.07, 6.45) is 5.01. The summed E-state index contributed by atoms with van der Waals surface area (Å²) in [5.41, 5.74) is 0.982. The lowest BCUT2D eigenvalue weighted by Crippen LogP contribution is -2.32. The maximum absolute atomic E-state index is 13.1. The minimum absolute atomic E-state index is 0.0436. The van der Waals surface area contributed by atoms with Crippen molar-refractivity contribution in [3.63, 3.8) is 0 Å². The Labute approximate surface area is 192 Å². The topological polar surface area (TPSA) is 99.7 Å². The van der Waals surface area contributed by atoms with E-state index in [0.29, 0.717) is 54.2 Å². The molecule has 2 heterocycles. The van der Waals surface area contributed by atoms with Gasteiger partial charge in [-0.1, -0.05) is 18.2 Å². The molecule has 2 N–H and O–H groups in total. The van der Waals surface area contributed by atoms with Crippen LogP contribution in [0.25, 0.3) is 0 Å². The van der Waals surface area contributed by atoms with E-state index in [0.717, 1.165) is 6.42 Å². The fourth-order valence-corrected chi connectivity index (χ4v) is 3.31. The number of ether oxygens (including phenoxy) is 1. The van der Waals surface area contributed by atoms with Gasteiger partial charge in [-0.2, -0.15) is 0 Å². The van der Waals surface area contributed by atoms with Crippen molar-refractivity contribution >= 4 is 35.1 Å². The fraction of sp³-hybridized carbons (Fsp3) is 0.364. The van der Waals surface area contributed by atoms with Crippen molar-refractivity contribution in [1.29, 1.82) is 0 Å². The Morgan fingerprint density at radius 1 is 1.34 bits per heavy atom. The van der Waals surface area contributed by atoms with E-state index < -0.39 is 0 Å². The molecule has 0 saturated carbocycles. The normalized spacial score (nSPS) is 15.5. The van der Waals surface area contributed by atoms with Crippen molar-refractivity contribution in [2.75, 3.05) is 51.0 Å². The standard InChI is InChI=1S/C22H27ClN6O3/c1-4-20(30)27-18-6-5-15(11-19(18)32-10-9-28(2)3)21(31)29-8-7-17(14-29)26-22-24-12-16(23)13-25-22/h4-6,11-13,17H,1,7-10,14H2,2-3H3,(H,27,30)(H,24,25,26). The fourth-order valence-electron chi connectivity index (χ4n) is 3.21. The first kappa shape index (κ1) is 23.5. The average molecular weight is 459 g/mol. The van der Waals surface area contributed by atoms with Crippen LogP contribution in [0.2, 0.25) is 5.02 Å². The van der Waals surface area contributed by atoms with Crippen molar-refractivity contribution in [1.82, 2.24) is 19.8 Å². The smallest absolute Gasteiger partial charge is 0.254 e. The summed E-state index contributed by atoms with van der Waals surface area (Å²) in [4.78, 5) is 36.9. The third-order valence-corrected chi connectivity index (χ3v) is 5.09. The maximum atomic E-state index is 13.1. The monoisotopic (exact) mass is 458 g/mol. The highest BCUT2D eigenvalue weighted by molar-refractivity contribution is 6.30. The summed E-state index contributed by atoms with van der Waals surface area (Å²) >= 11 is 5.82. The molecule has 10 heteroatoms. The highest BCUT2D eigenvalue weighted by Gasteiger charge is 2.28. The first-order valence-electron chi connectivity index (χ1n) is 10.2. The Bertz CT molecular complexity index is 967. The quantitative estimate of drug-likeness (QED) is 0.557. The second kappa shape index (κ2) is 10.9. The number of nitrogens with zero attached hydrogens (tertiary/aromatic N) is 4. The van der Waals surface area contributed by atoms with Crippen LogP contribution in [0.15, 0.2) is 43.2 Å². The Kier molecular flexibility index (Phi) is 8.02. The maximum Gasteiger partial charge on any atom is 0.254 e. The van der Waals surface area contributed by atoms with E-state index in [1.807, 2.05) is 19.0 Å². The van der Waals surface area contributed by atoms with Crippen LogP contribution >= 0.6 is 11.6 Å². The molecule has 1 aromatic heterocycles. The van der Waals surface area contributed by atoms with Crippen LogP contribution in [0, 0.1) is 0 Å². The summed E-state index contributed by atoms with van der Waals surface area (Å²) in [5.74, 6) is 0.466. The van der Waals surface area contributed by atoms with E-state index in [-0.39, 0.29) is 17.9 Å². The number of aromatic nitrogens is 2. The molecular formula is C22H27ClN6O3. The highest BCUT2D eigenvalue weighted by atomic mass is 35.5. The molecule has 0 spiro atoms. The summed E-state index contributed by atoms with van der Waals surface area (Å²) in [7, 11) is 3.88. The summed E-state index contributed by atoms with van der Waals surface area (Å²) < 4.78 is 5.86. The number of carbonyl (C=O) groups excluding carboxylic acids is 2. The average Bonchev–Trinajstić information content (AvgIpc) is 3.24. The molecule has 0 radical (unpaired) electrons. The SMILES string of the molecule is C=CC(=O)Nc1ccc(C(=O)N2CCC(Nc3ncc(Cl)cn3)C2)cc1OCCN(C)C. The van der Waals surface area contributed by atoms with Crippen LogP contribution in [0.3, 0.4) is 0 Å². The third kappa shape index (κ3) is 6.41. The van der Waals surface area contributed by atoms with Crippen molar-refractivity contribution in [2.45, 2.75) is 12.5 Å². The van der Waals surface area contributed by atoms with Gasteiger partial charge in [-0.05, 0) is 44.8 Å². The second-order valence-electron chi connectivity index (χ2n) is 7.66. The van der Waals surface area contributed by atoms with Gasteiger partial charge in [0.15, 0.2) is 0 Å². The highest BCUT2D eigenvalue weighted by Crippen LogP contribution is 2.27. The van der Waals surface area contributed by atoms with E-state index in [9.17, 15) is 9.59 Å². The third-order valence-electron chi connectivity index (χ3n) is 4.90. The van der Waals surface area contributed by atoms with Crippen LogP contribution in [-0.2, 0) is 4.79 Å². The van der Waals surface area contributed by atoms with Crippen LogP contribution in [-0.4, -0.2) is 78.0 Å². The number of carbonyl (C=O) groups is 2. The van der Waals surface area contributed by atoms with E-state index in [1.54, 1.807) is 23.1 Å². The zero-order chi connectivity index (χ0) is 23.1. The summed E-state index contributed by atoms with van der Waals surface area (Å²) in [6.45, 7) is 5.71. The van der Waals surface area contributed by atoms with Gasteiger partial charge in [0.05, 0.1) is 23.1 Å². The van der Waals surface area contributed by atoms with Gasteiger partial charge in [0.2, 0.25) is 11.9 Å². The molecule has 1 unspecified atom stereocenters. The number of rotatable bonds is 9. The lowest BCUT2D eigenvalue weighted by molar-refractivity contribution is -0.111. The number of halogens is 1. The largest absolute Gasteiger partial charge is 0.490 e. The Morgan fingerprint density at radius 3 is 2.78 bits per heavy atom. The Hall–Kier alpha value is -3.17. The van der Waals surface area contributed by atoms with E-state index in [2.05, 4.69) is 27.2 Å². The molecule has 9 nitrogen and oxygen atoms in total. The van der Waals surface area contributed by atoms with Crippen LogP contribution in [0.1, 0.15) is 16.8 Å². The summed E-state index contributed by atoms with van der Waals surface area (Å²) in [5, 5.41) is 6.42. The van der Waals surface area contributed by atoms with Crippen molar-refractivity contribution < 1.29 is 14.3 Å². The van der Waals surface area contributed by atoms with Crippen LogP contribution in [0.5, 0.6) is 5.75 Å². The van der Waals surface area contributed by atoms with Crippen LogP contribution < -0.4 is 15.4 Å². The number of likely N-dealkylation sites (N-methyl/N-ethyl adjacent to an activating group) is 1. The predicted octanol–water partition coefficient (Wildman–Crippen LogP) is 2.52. The summed E-state index contributed by atoms with van der Waals surface area (Å²) in [6, 6.07) is 5.07. The Morgan fingerprint density at radius 2 is 2.09 bits per heavy atom. The van der Waals surface area contributed by atoms with E-state index in [4.69, 9.17) is 16.3 Å². The molecule has 3 rings (SSSR count). The minimum Gasteiger partial charge on any atom is -0.490 e. The molecule has 1 fully saturated rings. The predicted molar refractivity (Wildman–Crippen MR) is 124 cm³/mol. The number of hydrogen-bond donors (Lipinski definition) is 2. The molecule has 2 aromatic rings. The zero-order valence-corrected chi connectivity index (χ0v) is 18.9. The molecule has 2 amide bonds. The number of likely N-dealkylation sites (tertiary alicyclic amines) is 1. The van der Waals surface area contributed by atoms with Gasteiger partial charge in [-0.25, -0.2) is 9.97 Å². The number of nitrogens with one attached hydrogen (secondary N) is 2. The van der Waals surface area contributed by atoms with Crippen molar-refractivity contribution in [2.24, 2.45) is 0 Å². The molecule has 32 heavy (non-hydrogen) atoms. The molecule has 1 saturated heterocycles. The first-order chi connectivity index (χ1) is 15.4. The van der Waals surface area contributed by atoms with Crippen LogP contribution in [0.4, 0.5) is 11.6 Å². The number of hydrogen-bond acceptors (Lipinski definition) is 7. The van der Waals surface area contributed by atoms with Gasteiger partial charge in [0.25, 0.3) is 5.91 Å². The molecule has 1 aliphatic rings. The van der Waals surface area contributed by atoms with Crippen molar-refractivity contribution in [3.05, 3.63) is 53.8 Å². The van der Waals surface area contributed by atoms with Gasteiger partial charge in [-0.3, -0.25) is 9.59 Å². The van der Waals surface area contributed by atoms with Gasteiger partial charge in [-0.15, -0.1) is 0 Å². The second-order valence-corrected chi connectivity index (χ2v) is 8.10. The lowest BCUT2D eigenvalue weighted by atomic mass is 10.1. The van der Waals surface area contributed by atoms with E-state index >= 15 is 0 Å². The molecule has 170 valence electrons. The molecule has 1 aromatic carbocycles. The van der Waals surface area contributed by atoms with Gasteiger partial charge >= 0.3 is 0 Å². The first-order valence-corrected chi connectivity index (χ1v) is 10.6. The number of anilines is 2. The van der Waals surface area contributed by atoms with Gasteiger partial charge < -0.3 is 25.2 Å². The zero-order valence-electron chi connectivity index (χ0n) is 18.2. The van der Waals surface area contributed by atoms with Gasteiger partial charge in [0.1, 0.15) is 12.4 Å². The molecular weight excluding hydrogens is 432 g/mol.